The number of benzene rings is 2. The van der Waals surface area contributed by atoms with Crippen LogP contribution in [0.1, 0.15) is 12.5 Å². The van der Waals surface area contributed by atoms with Gasteiger partial charge < -0.3 is 9.84 Å². The second-order valence-electron chi connectivity index (χ2n) is 5.23. The maximum Gasteiger partial charge on any atom is 0.381 e. The number of aliphatic hydroxyl groups excluding tert-OH is 1. The maximum absolute atomic E-state index is 14.0. The zero-order chi connectivity index (χ0) is 21.7. The number of aliphatic hydroxyl groups is 1. The number of esters is 1. The van der Waals surface area contributed by atoms with Gasteiger partial charge in [0.25, 0.3) is 5.78 Å². The lowest BCUT2D eigenvalue weighted by Crippen LogP contribution is -2.20. The summed E-state index contributed by atoms with van der Waals surface area (Å²) in [6, 6.07) is 7.38. The number of nitrogens with zero attached hydrogens (tertiary/aromatic N) is 2. The summed E-state index contributed by atoms with van der Waals surface area (Å²) >= 11 is 0. The highest BCUT2D eigenvalue weighted by atomic mass is 19.2. The highest BCUT2D eigenvalue weighted by molar-refractivity contribution is 6.41. The number of carbonyl (C=O) groups is 2. The fraction of sp³-hybridized carbons (Fsp3) is 0.111. The van der Waals surface area contributed by atoms with E-state index in [1.807, 2.05) is 0 Å². The number of azo groups is 1. The molecule has 0 aliphatic carbocycles. The number of rotatable bonds is 6. The summed E-state index contributed by atoms with van der Waals surface area (Å²) in [6.07, 6.45) is 0. The van der Waals surface area contributed by atoms with Crippen LogP contribution in [0.4, 0.5) is 27.6 Å². The smallest absolute Gasteiger partial charge is 0.381 e. The average molecular weight is 414 g/mol. The molecule has 0 atom stereocenters. The van der Waals surface area contributed by atoms with Crippen molar-refractivity contribution in [3.05, 3.63) is 70.7 Å². The van der Waals surface area contributed by atoms with Crippen LogP contribution in [0.5, 0.6) is 0 Å². The molecule has 2 aromatic rings. The molecule has 2 aromatic carbocycles. The Labute approximate surface area is 159 Å². The Hall–Kier alpha value is -3.63. The van der Waals surface area contributed by atoms with Crippen LogP contribution < -0.4 is 0 Å². The number of ether oxygens (including phenoxy) is 1. The predicted octanol–water partition coefficient (Wildman–Crippen LogP) is 4.52. The first-order chi connectivity index (χ1) is 13.7. The van der Waals surface area contributed by atoms with Gasteiger partial charge in [-0.05, 0) is 19.1 Å². The Morgan fingerprint density at radius 3 is 1.97 bits per heavy atom. The first-order valence-corrected chi connectivity index (χ1v) is 7.83. The van der Waals surface area contributed by atoms with Gasteiger partial charge in [-0.15, -0.1) is 5.11 Å². The predicted molar refractivity (Wildman–Crippen MR) is 88.4 cm³/mol. The minimum atomic E-state index is -2.47. The van der Waals surface area contributed by atoms with Gasteiger partial charge in [0.2, 0.25) is 5.82 Å². The Bertz CT molecular complexity index is 994. The Morgan fingerprint density at radius 2 is 1.45 bits per heavy atom. The third kappa shape index (κ3) is 4.45. The van der Waals surface area contributed by atoms with E-state index in [1.54, 1.807) is 6.07 Å². The van der Waals surface area contributed by atoms with Crippen molar-refractivity contribution in [2.75, 3.05) is 6.61 Å². The molecule has 0 saturated heterocycles. The van der Waals surface area contributed by atoms with E-state index in [4.69, 9.17) is 0 Å². The number of halogens is 5. The number of hydrogen-bond donors (Lipinski definition) is 1. The minimum absolute atomic E-state index is 0.0897. The third-order valence-electron chi connectivity index (χ3n) is 3.37. The van der Waals surface area contributed by atoms with Crippen LogP contribution in [-0.2, 0) is 14.3 Å². The van der Waals surface area contributed by atoms with E-state index in [2.05, 4.69) is 15.0 Å². The summed E-state index contributed by atoms with van der Waals surface area (Å²) in [6.45, 7) is 1.06. The molecular weight excluding hydrogens is 403 g/mol. The molecule has 0 heterocycles. The summed E-state index contributed by atoms with van der Waals surface area (Å²) in [5, 5.41) is 16.9. The standard InChI is InChI=1S/C18H11F5N2O4/c1-2-29-18(28)17(27)15(25-24-8-6-4-3-5-7-8)16(26)9-10(19)12(21)14(23)13(22)11(9)20/h3-7,26H,2H2,1H3/b16-15+,25-24?. The van der Waals surface area contributed by atoms with Crippen LogP contribution >= 0.6 is 0 Å². The summed E-state index contributed by atoms with van der Waals surface area (Å²) in [5.41, 5.74) is -3.14. The fourth-order valence-corrected chi connectivity index (χ4v) is 2.03. The molecule has 0 spiro atoms. The molecule has 11 heteroatoms. The van der Waals surface area contributed by atoms with Crippen LogP contribution in [0.2, 0.25) is 0 Å². The molecule has 6 nitrogen and oxygen atoms in total. The van der Waals surface area contributed by atoms with Gasteiger partial charge in [0, 0.05) is 0 Å². The van der Waals surface area contributed by atoms with Gasteiger partial charge in [-0.3, -0.25) is 4.79 Å². The second-order valence-corrected chi connectivity index (χ2v) is 5.23. The second kappa shape index (κ2) is 9.04. The van der Waals surface area contributed by atoms with E-state index in [0.717, 1.165) is 0 Å². The molecule has 0 aliphatic heterocycles. The highest BCUT2D eigenvalue weighted by Gasteiger charge is 2.33. The van der Waals surface area contributed by atoms with Crippen molar-refractivity contribution < 1.29 is 41.4 Å². The van der Waals surface area contributed by atoms with Gasteiger partial charge in [-0.1, -0.05) is 18.2 Å². The molecule has 2 rings (SSSR count). The molecule has 0 bridgehead atoms. The lowest BCUT2D eigenvalue weighted by Gasteiger charge is -2.09. The number of hydrogen-bond acceptors (Lipinski definition) is 6. The zero-order valence-electron chi connectivity index (χ0n) is 14.6. The molecule has 152 valence electrons. The highest BCUT2D eigenvalue weighted by Crippen LogP contribution is 2.30. The number of carbonyl (C=O) groups excluding carboxylic acids is 2. The van der Waals surface area contributed by atoms with Crippen molar-refractivity contribution in [3.63, 3.8) is 0 Å². The van der Waals surface area contributed by atoms with Gasteiger partial charge in [0.1, 0.15) is 0 Å². The van der Waals surface area contributed by atoms with E-state index >= 15 is 0 Å². The first kappa shape index (κ1) is 21.7. The molecular formula is C18H11F5N2O4. The van der Waals surface area contributed by atoms with E-state index < -0.39 is 57.9 Å². The summed E-state index contributed by atoms with van der Waals surface area (Å²) in [7, 11) is 0. The van der Waals surface area contributed by atoms with Crippen LogP contribution in [0.15, 0.2) is 46.3 Å². The van der Waals surface area contributed by atoms with Crippen molar-refractivity contribution in [1.29, 1.82) is 0 Å². The zero-order valence-corrected chi connectivity index (χ0v) is 14.6. The maximum atomic E-state index is 14.0. The molecule has 0 aromatic heterocycles. The van der Waals surface area contributed by atoms with Gasteiger partial charge >= 0.3 is 5.97 Å². The van der Waals surface area contributed by atoms with Crippen molar-refractivity contribution >= 4 is 23.2 Å². The molecule has 0 radical (unpaired) electrons. The molecule has 0 fully saturated rings. The topological polar surface area (TPSA) is 88.3 Å². The molecule has 29 heavy (non-hydrogen) atoms. The Morgan fingerprint density at radius 1 is 0.931 bits per heavy atom. The molecule has 0 unspecified atom stereocenters. The van der Waals surface area contributed by atoms with Crippen molar-refractivity contribution in [1.82, 2.24) is 0 Å². The quantitative estimate of drug-likeness (QED) is 0.110. The molecule has 1 N–H and O–H groups in total. The Kier molecular flexibility index (Phi) is 6.75. The number of ketones is 1. The minimum Gasteiger partial charge on any atom is -0.505 e. The average Bonchev–Trinajstić information content (AvgIpc) is 2.72. The summed E-state index contributed by atoms with van der Waals surface area (Å²) < 4.78 is 72.4. The van der Waals surface area contributed by atoms with Gasteiger partial charge in [0.05, 0.1) is 17.9 Å². The van der Waals surface area contributed by atoms with Crippen LogP contribution in [0.25, 0.3) is 5.76 Å². The SMILES string of the molecule is CCOC(=O)C(=O)/C(N=Nc1ccccc1)=C(\O)c1c(F)c(F)c(F)c(F)c1F. The molecule has 0 amide bonds. The van der Waals surface area contributed by atoms with Gasteiger partial charge in [-0.2, -0.15) is 5.11 Å². The van der Waals surface area contributed by atoms with Crippen LogP contribution in [-0.4, -0.2) is 23.5 Å². The van der Waals surface area contributed by atoms with Gasteiger partial charge in [0.15, 0.2) is 34.7 Å². The fourth-order valence-electron chi connectivity index (χ4n) is 2.03. The lowest BCUT2D eigenvalue weighted by molar-refractivity contribution is -0.151. The summed E-state index contributed by atoms with van der Waals surface area (Å²) in [4.78, 5) is 23.9. The van der Waals surface area contributed by atoms with Crippen LogP contribution in [0, 0.1) is 29.1 Å². The van der Waals surface area contributed by atoms with Crippen LogP contribution in [0.3, 0.4) is 0 Å². The Balaban J connectivity index is 2.72. The van der Waals surface area contributed by atoms with Crippen molar-refractivity contribution in [2.24, 2.45) is 10.2 Å². The van der Waals surface area contributed by atoms with E-state index in [1.165, 1.54) is 31.2 Å². The monoisotopic (exact) mass is 414 g/mol. The summed E-state index contributed by atoms with van der Waals surface area (Å²) in [5.74, 6) is -17.2. The normalized spacial score (nSPS) is 12.1. The van der Waals surface area contributed by atoms with E-state index in [0.29, 0.717) is 0 Å². The first-order valence-electron chi connectivity index (χ1n) is 7.83. The van der Waals surface area contributed by atoms with Gasteiger partial charge in [-0.25, -0.2) is 26.7 Å². The van der Waals surface area contributed by atoms with Crippen molar-refractivity contribution in [3.8, 4) is 0 Å². The third-order valence-corrected chi connectivity index (χ3v) is 3.37. The van der Waals surface area contributed by atoms with E-state index in [-0.39, 0.29) is 12.3 Å². The largest absolute Gasteiger partial charge is 0.505 e. The lowest BCUT2D eigenvalue weighted by atomic mass is 10.1. The number of Topliss-reactive ketones (excluding diaryl/α,β-unsaturated/α-hetero) is 1. The molecule has 0 aliphatic rings. The van der Waals surface area contributed by atoms with Crippen molar-refractivity contribution in [2.45, 2.75) is 6.92 Å². The van der Waals surface area contributed by atoms with E-state index in [9.17, 15) is 36.6 Å². The molecule has 0 saturated carbocycles.